The van der Waals surface area contributed by atoms with E-state index in [1.54, 1.807) is 42.6 Å². The molecule has 3 rings (SSSR count). The normalized spacial score (nSPS) is 10.7. The molecule has 0 aliphatic heterocycles. The Kier molecular flexibility index (Phi) is 5.66. The standard InChI is InChI=1S/C19H18N4O3S/c1-3-23-18(26)15-8-5-9-20-17(15)22-19(23)27-11-16(25)21-14-7-4-6-13(10-14)12(2)24/h4-10H,3,11H2,1-2H3,(H,21,25). The van der Waals surface area contributed by atoms with Crippen molar-refractivity contribution in [1.29, 1.82) is 0 Å². The number of rotatable bonds is 6. The van der Waals surface area contributed by atoms with Crippen LogP contribution in [0, 0.1) is 0 Å². The molecular weight excluding hydrogens is 364 g/mol. The van der Waals surface area contributed by atoms with Crippen molar-refractivity contribution in [1.82, 2.24) is 14.5 Å². The first kappa shape index (κ1) is 18.8. The van der Waals surface area contributed by atoms with Crippen LogP contribution in [0.2, 0.25) is 0 Å². The molecule has 0 radical (unpaired) electrons. The highest BCUT2D eigenvalue weighted by Gasteiger charge is 2.13. The molecule has 0 spiro atoms. The Hall–Kier alpha value is -3.00. The summed E-state index contributed by atoms with van der Waals surface area (Å²) in [6.07, 6.45) is 1.58. The van der Waals surface area contributed by atoms with E-state index < -0.39 is 0 Å². The third-order valence-electron chi connectivity index (χ3n) is 3.90. The third kappa shape index (κ3) is 4.22. The molecule has 3 aromatic rings. The summed E-state index contributed by atoms with van der Waals surface area (Å²) in [5.41, 5.74) is 1.27. The lowest BCUT2D eigenvalue weighted by molar-refractivity contribution is -0.113. The van der Waals surface area contributed by atoms with Crippen LogP contribution >= 0.6 is 11.8 Å². The number of amides is 1. The van der Waals surface area contributed by atoms with Gasteiger partial charge >= 0.3 is 0 Å². The van der Waals surface area contributed by atoms with E-state index in [0.717, 1.165) is 0 Å². The summed E-state index contributed by atoms with van der Waals surface area (Å²) in [7, 11) is 0. The Morgan fingerprint density at radius 3 is 2.78 bits per heavy atom. The van der Waals surface area contributed by atoms with Crippen molar-refractivity contribution >= 4 is 40.2 Å². The summed E-state index contributed by atoms with van der Waals surface area (Å²) in [6.45, 7) is 3.77. The van der Waals surface area contributed by atoms with Crippen molar-refractivity contribution in [3.05, 3.63) is 58.5 Å². The molecule has 1 aromatic carbocycles. The molecule has 0 saturated heterocycles. The lowest BCUT2D eigenvalue weighted by atomic mass is 10.1. The second-order valence-electron chi connectivity index (χ2n) is 5.79. The maximum atomic E-state index is 12.6. The molecule has 7 nitrogen and oxygen atoms in total. The molecule has 138 valence electrons. The molecule has 2 heterocycles. The molecule has 0 unspecified atom stereocenters. The van der Waals surface area contributed by atoms with Gasteiger partial charge in [-0.1, -0.05) is 23.9 Å². The lowest BCUT2D eigenvalue weighted by Crippen LogP contribution is -2.23. The largest absolute Gasteiger partial charge is 0.325 e. The quantitative estimate of drug-likeness (QED) is 0.400. The van der Waals surface area contributed by atoms with Crippen molar-refractivity contribution in [3.8, 4) is 0 Å². The van der Waals surface area contributed by atoms with Crippen molar-refractivity contribution < 1.29 is 9.59 Å². The number of aromatic nitrogens is 3. The van der Waals surface area contributed by atoms with Crippen LogP contribution in [-0.4, -0.2) is 32.0 Å². The van der Waals surface area contributed by atoms with E-state index in [2.05, 4.69) is 15.3 Å². The van der Waals surface area contributed by atoms with E-state index in [4.69, 9.17) is 0 Å². The maximum Gasteiger partial charge on any atom is 0.263 e. The second kappa shape index (κ2) is 8.13. The number of ketones is 1. The predicted octanol–water partition coefficient (Wildman–Crippen LogP) is 2.74. The summed E-state index contributed by atoms with van der Waals surface area (Å²) >= 11 is 1.17. The average molecular weight is 382 g/mol. The van der Waals surface area contributed by atoms with Gasteiger partial charge in [0.1, 0.15) is 0 Å². The number of benzene rings is 1. The molecule has 1 N–H and O–H groups in total. The number of thioether (sulfide) groups is 1. The molecule has 1 amide bonds. The van der Waals surface area contributed by atoms with E-state index in [0.29, 0.717) is 34.0 Å². The van der Waals surface area contributed by atoms with E-state index in [1.807, 2.05) is 6.92 Å². The van der Waals surface area contributed by atoms with Gasteiger partial charge in [0.05, 0.1) is 11.1 Å². The second-order valence-corrected chi connectivity index (χ2v) is 6.73. The number of hydrogen-bond donors (Lipinski definition) is 1. The smallest absolute Gasteiger partial charge is 0.263 e. The van der Waals surface area contributed by atoms with Gasteiger partial charge in [0.15, 0.2) is 16.6 Å². The van der Waals surface area contributed by atoms with Gasteiger partial charge in [0, 0.05) is 24.0 Å². The SMILES string of the molecule is CCn1c(SCC(=O)Nc2cccc(C(C)=O)c2)nc2ncccc2c1=O. The van der Waals surface area contributed by atoms with Crippen molar-refractivity contribution in [2.24, 2.45) is 0 Å². The Morgan fingerprint density at radius 1 is 1.22 bits per heavy atom. The number of carbonyl (C=O) groups excluding carboxylic acids is 2. The van der Waals surface area contributed by atoms with Crippen LogP contribution in [0.15, 0.2) is 52.5 Å². The molecular formula is C19H18N4O3S. The van der Waals surface area contributed by atoms with E-state index in [9.17, 15) is 14.4 Å². The van der Waals surface area contributed by atoms with Gasteiger partial charge in [-0.15, -0.1) is 0 Å². The van der Waals surface area contributed by atoms with E-state index in [1.165, 1.54) is 23.3 Å². The van der Waals surface area contributed by atoms with Crippen LogP contribution in [0.5, 0.6) is 0 Å². The van der Waals surface area contributed by atoms with Crippen LogP contribution in [0.1, 0.15) is 24.2 Å². The zero-order chi connectivity index (χ0) is 19.4. The van der Waals surface area contributed by atoms with Gasteiger partial charge in [-0.3, -0.25) is 19.0 Å². The number of hydrogen-bond acceptors (Lipinski definition) is 6. The van der Waals surface area contributed by atoms with Gasteiger partial charge < -0.3 is 5.32 Å². The van der Waals surface area contributed by atoms with Gasteiger partial charge in [0.25, 0.3) is 5.56 Å². The first-order valence-electron chi connectivity index (χ1n) is 8.39. The molecule has 0 aliphatic carbocycles. The Morgan fingerprint density at radius 2 is 2.04 bits per heavy atom. The number of carbonyl (C=O) groups is 2. The fraction of sp³-hybridized carbons (Fsp3) is 0.211. The van der Waals surface area contributed by atoms with Crippen molar-refractivity contribution in [3.63, 3.8) is 0 Å². The summed E-state index contributed by atoms with van der Waals surface area (Å²) in [5, 5.41) is 3.65. The molecule has 27 heavy (non-hydrogen) atoms. The molecule has 2 aromatic heterocycles. The Balaban J connectivity index is 1.76. The molecule has 0 saturated carbocycles. The van der Waals surface area contributed by atoms with Crippen molar-refractivity contribution in [2.75, 3.05) is 11.1 Å². The third-order valence-corrected chi connectivity index (χ3v) is 4.87. The first-order chi connectivity index (χ1) is 13.0. The fourth-order valence-corrected chi connectivity index (χ4v) is 3.42. The topological polar surface area (TPSA) is 93.9 Å². The number of pyridine rings is 1. The number of nitrogens with one attached hydrogen (secondary N) is 1. The lowest BCUT2D eigenvalue weighted by Gasteiger charge is -2.11. The highest BCUT2D eigenvalue weighted by molar-refractivity contribution is 7.99. The average Bonchev–Trinajstić information content (AvgIpc) is 2.66. The van der Waals surface area contributed by atoms with Crippen LogP contribution in [0.25, 0.3) is 11.0 Å². The van der Waals surface area contributed by atoms with Gasteiger partial charge in [0.2, 0.25) is 5.91 Å². The maximum absolute atomic E-state index is 12.6. The van der Waals surface area contributed by atoms with E-state index in [-0.39, 0.29) is 23.0 Å². The molecule has 0 aliphatic rings. The predicted molar refractivity (Wildman–Crippen MR) is 105 cm³/mol. The Labute approximate surface area is 159 Å². The minimum absolute atomic E-state index is 0.0692. The van der Waals surface area contributed by atoms with Crippen LogP contribution in [-0.2, 0) is 11.3 Å². The zero-order valence-electron chi connectivity index (χ0n) is 14.9. The fourth-order valence-electron chi connectivity index (χ4n) is 2.57. The minimum Gasteiger partial charge on any atom is -0.325 e. The van der Waals surface area contributed by atoms with Crippen LogP contribution < -0.4 is 10.9 Å². The highest BCUT2D eigenvalue weighted by atomic mass is 32.2. The molecule has 0 atom stereocenters. The number of fused-ring (bicyclic) bond motifs is 1. The summed E-state index contributed by atoms with van der Waals surface area (Å²) < 4.78 is 1.53. The summed E-state index contributed by atoms with van der Waals surface area (Å²) in [6, 6.07) is 10.1. The van der Waals surface area contributed by atoms with Gasteiger partial charge in [-0.05, 0) is 38.1 Å². The highest BCUT2D eigenvalue weighted by Crippen LogP contribution is 2.18. The first-order valence-corrected chi connectivity index (χ1v) is 9.37. The monoisotopic (exact) mass is 382 g/mol. The zero-order valence-corrected chi connectivity index (χ0v) is 15.7. The van der Waals surface area contributed by atoms with Gasteiger partial charge in [-0.25, -0.2) is 9.97 Å². The summed E-state index contributed by atoms with van der Waals surface area (Å²) in [5.74, 6) is -0.242. The number of nitrogens with zero attached hydrogens (tertiary/aromatic N) is 3. The van der Waals surface area contributed by atoms with Crippen molar-refractivity contribution in [2.45, 2.75) is 25.5 Å². The summed E-state index contributed by atoms with van der Waals surface area (Å²) in [4.78, 5) is 44.8. The number of Topliss-reactive ketones (excluding diaryl/α,β-unsaturated/α-hetero) is 1. The molecule has 0 fully saturated rings. The molecule has 0 bridgehead atoms. The molecule has 8 heteroatoms. The van der Waals surface area contributed by atoms with Crippen LogP contribution in [0.4, 0.5) is 5.69 Å². The number of anilines is 1. The van der Waals surface area contributed by atoms with Crippen LogP contribution in [0.3, 0.4) is 0 Å². The minimum atomic E-state index is -0.251. The van der Waals surface area contributed by atoms with Gasteiger partial charge in [-0.2, -0.15) is 0 Å². The van der Waals surface area contributed by atoms with E-state index >= 15 is 0 Å². The Bertz CT molecular complexity index is 1080.